The molecule has 0 atom stereocenters. The summed E-state index contributed by atoms with van der Waals surface area (Å²) in [6.07, 6.45) is 1.90. The number of nitrogens with zero attached hydrogens (tertiary/aromatic N) is 2. The molecule has 0 bridgehead atoms. The van der Waals surface area contributed by atoms with Crippen molar-refractivity contribution >= 4 is 40.7 Å². The molecule has 0 aliphatic carbocycles. The molecule has 0 unspecified atom stereocenters. The molecule has 0 N–H and O–H groups in total. The Hall–Kier alpha value is -1.83. The molecule has 0 aliphatic heterocycles. The van der Waals surface area contributed by atoms with Crippen LogP contribution in [0.1, 0.15) is 18.5 Å². The Balaban J connectivity index is 1.56. The third kappa shape index (κ3) is 5.07. The third-order valence-electron chi connectivity index (χ3n) is 3.16. The van der Waals surface area contributed by atoms with Crippen LogP contribution < -0.4 is 0 Å². The molecule has 2 heterocycles. The maximum Gasteiger partial charge on any atom is 0.311 e. The summed E-state index contributed by atoms with van der Waals surface area (Å²) in [7, 11) is 0. The monoisotopic (exact) mass is 394 g/mol. The second-order valence-electron chi connectivity index (χ2n) is 5.00. The molecular weight excluding hydrogens is 380 g/mol. The first-order valence-electron chi connectivity index (χ1n) is 7.57. The highest BCUT2D eigenvalue weighted by atomic mass is 35.5. The van der Waals surface area contributed by atoms with Crippen LogP contribution in [0.15, 0.2) is 44.6 Å². The van der Waals surface area contributed by atoms with E-state index in [2.05, 4.69) is 9.97 Å². The van der Waals surface area contributed by atoms with Crippen molar-refractivity contribution < 1.29 is 13.9 Å². The minimum absolute atomic E-state index is 0.199. The molecule has 5 nitrogen and oxygen atoms in total. The van der Waals surface area contributed by atoms with E-state index in [0.29, 0.717) is 29.0 Å². The summed E-state index contributed by atoms with van der Waals surface area (Å²) in [5, 5.41) is 2.55. The van der Waals surface area contributed by atoms with Crippen LogP contribution in [-0.2, 0) is 21.7 Å². The highest BCUT2D eigenvalue weighted by Crippen LogP contribution is 2.28. The number of hydrogen-bond donors (Lipinski definition) is 0. The summed E-state index contributed by atoms with van der Waals surface area (Å²) in [6, 6.07) is 7.41. The van der Waals surface area contributed by atoms with Gasteiger partial charge in [0.1, 0.15) is 0 Å². The fourth-order valence-electron chi connectivity index (χ4n) is 2.04. The van der Waals surface area contributed by atoms with Gasteiger partial charge in [0.2, 0.25) is 5.89 Å². The topological polar surface area (TPSA) is 65.2 Å². The van der Waals surface area contributed by atoms with Crippen molar-refractivity contribution in [2.45, 2.75) is 23.4 Å². The van der Waals surface area contributed by atoms with E-state index in [1.165, 1.54) is 23.1 Å². The number of hydrogen-bond acceptors (Lipinski definition) is 7. The minimum atomic E-state index is -0.260. The molecule has 0 saturated carbocycles. The van der Waals surface area contributed by atoms with Gasteiger partial charge in [-0.3, -0.25) is 4.79 Å². The molecule has 3 rings (SSSR count). The number of ether oxygens (including phenoxy) is 1. The fraction of sp³-hybridized carbons (Fsp3) is 0.235. The van der Waals surface area contributed by atoms with Crippen molar-refractivity contribution in [3.05, 3.63) is 52.4 Å². The van der Waals surface area contributed by atoms with Crippen LogP contribution >= 0.6 is 34.7 Å². The number of oxazole rings is 1. The third-order valence-corrected chi connectivity index (χ3v) is 5.47. The van der Waals surface area contributed by atoms with E-state index in [-0.39, 0.29) is 12.4 Å². The van der Waals surface area contributed by atoms with Crippen molar-refractivity contribution in [3.8, 4) is 11.3 Å². The first-order valence-corrected chi connectivity index (χ1v) is 9.82. The summed E-state index contributed by atoms with van der Waals surface area (Å²) in [4.78, 5) is 20.2. The molecular formula is C17H15ClN2O3S2. The van der Waals surface area contributed by atoms with Crippen LogP contribution in [0.3, 0.4) is 0 Å². The highest BCUT2D eigenvalue weighted by Gasteiger charge is 2.11. The molecule has 1 aromatic carbocycles. The number of carbonyl (C=O) groups excluding carboxylic acids is 1. The van der Waals surface area contributed by atoms with Gasteiger partial charge in [0.25, 0.3) is 0 Å². The molecule has 0 spiro atoms. The predicted molar refractivity (Wildman–Crippen MR) is 99.0 cm³/mol. The molecule has 3 aromatic rings. The molecule has 130 valence electrons. The number of halogens is 1. The maximum absolute atomic E-state index is 11.5. The lowest BCUT2D eigenvalue weighted by Gasteiger charge is -1.98. The molecule has 0 saturated heterocycles. The van der Waals surface area contributed by atoms with Crippen molar-refractivity contribution in [2.75, 3.05) is 6.61 Å². The van der Waals surface area contributed by atoms with Crippen LogP contribution in [0.25, 0.3) is 11.3 Å². The Kier molecular flexibility index (Phi) is 6.12. The molecule has 2 aromatic heterocycles. The largest absolute Gasteiger partial charge is 0.466 e. The van der Waals surface area contributed by atoms with Crippen molar-refractivity contribution in [2.24, 2.45) is 0 Å². The van der Waals surface area contributed by atoms with Crippen LogP contribution in [0.5, 0.6) is 0 Å². The Labute approximate surface area is 158 Å². The zero-order chi connectivity index (χ0) is 17.6. The van der Waals surface area contributed by atoms with Gasteiger partial charge in [0.05, 0.1) is 30.7 Å². The Morgan fingerprint density at radius 1 is 1.36 bits per heavy atom. The predicted octanol–water partition coefficient (Wildman–Crippen LogP) is 4.85. The van der Waals surface area contributed by atoms with E-state index < -0.39 is 0 Å². The summed E-state index contributed by atoms with van der Waals surface area (Å²) in [5.41, 5.74) is 1.65. The Morgan fingerprint density at radius 2 is 2.16 bits per heavy atom. The van der Waals surface area contributed by atoms with E-state index in [0.717, 1.165) is 15.6 Å². The van der Waals surface area contributed by atoms with E-state index in [9.17, 15) is 4.79 Å². The van der Waals surface area contributed by atoms with Gasteiger partial charge in [-0.1, -0.05) is 23.4 Å². The lowest BCUT2D eigenvalue weighted by Crippen LogP contribution is -2.07. The number of esters is 1. The van der Waals surface area contributed by atoms with Gasteiger partial charge in [0.15, 0.2) is 10.1 Å². The first kappa shape index (κ1) is 18.0. The van der Waals surface area contributed by atoms with Crippen molar-refractivity contribution in [1.29, 1.82) is 0 Å². The number of thioether (sulfide) groups is 1. The number of rotatable bonds is 7. The molecule has 8 heteroatoms. The minimum Gasteiger partial charge on any atom is -0.466 e. The van der Waals surface area contributed by atoms with Gasteiger partial charge in [0, 0.05) is 16.0 Å². The fourth-order valence-corrected chi connectivity index (χ4v) is 3.87. The SMILES string of the molecule is CCOC(=O)Cc1csc(SCc2ncc(-c3ccc(Cl)cc3)o2)n1. The number of benzene rings is 1. The average Bonchev–Trinajstić information content (AvgIpc) is 3.23. The van der Waals surface area contributed by atoms with E-state index in [4.69, 9.17) is 20.8 Å². The quantitative estimate of drug-likeness (QED) is 0.421. The second-order valence-corrected chi connectivity index (χ2v) is 7.52. The van der Waals surface area contributed by atoms with Crippen LogP contribution in [0.2, 0.25) is 5.02 Å². The smallest absolute Gasteiger partial charge is 0.311 e. The van der Waals surface area contributed by atoms with Gasteiger partial charge < -0.3 is 9.15 Å². The first-order chi connectivity index (χ1) is 12.1. The summed E-state index contributed by atoms with van der Waals surface area (Å²) < 4.78 is 11.6. The Bertz CT molecular complexity index is 846. The van der Waals surface area contributed by atoms with E-state index in [1.54, 1.807) is 13.1 Å². The lowest BCUT2D eigenvalue weighted by molar-refractivity contribution is -0.142. The maximum atomic E-state index is 11.5. The molecule has 25 heavy (non-hydrogen) atoms. The summed E-state index contributed by atoms with van der Waals surface area (Å²) >= 11 is 8.91. The van der Waals surface area contributed by atoms with E-state index >= 15 is 0 Å². The van der Waals surface area contributed by atoms with Crippen LogP contribution in [-0.4, -0.2) is 22.5 Å². The zero-order valence-corrected chi connectivity index (χ0v) is 15.8. The van der Waals surface area contributed by atoms with Crippen LogP contribution in [0.4, 0.5) is 0 Å². The Morgan fingerprint density at radius 3 is 2.92 bits per heavy atom. The highest BCUT2D eigenvalue weighted by molar-refractivity contribution is 8.00. The zero-order valence-electron chi connectivity index (χ0n) is 13.4. The van der Waals surface area contributed by atoms with Gasteiger partial charge in [-0.05, 0) is 31.2 Å². The van der Waals surface area contributed by atoms with E-state index in [1.807, 2.05) is 29.6 Å². The molecule has 0 aliphatic rings. The summed E-state index contributed by atoms with van der Waals surface area (Å²) in [5.74, 6) is 1.64. The van der Waals surface area contributed by atoms with Crippen LogP contribution in [0, 0.1) is 0 Å². The number of aromatic nitrogens is 2. The van der Waals surface area contributed by atoms with Gasteiger partial charge in [-0.15, -0.1) is 11.3 Å². The summed E-state index contributed by atoms with van der Waals surface area (Å²) in [6.45, 7) is 2.17. The number of thiazole rings is 1. The molecule has 0 fully saturated rings. The average molecular weight is 395 g/mol. The normalized spacial score (nSPS) is 10.8. The number of carbonyl (C=O) groups is 1. The van der Waals surface area contributed by atoms with Crippen molar-refractivity contribution in [3.63, 3.8) is 0 Å². The van der Waals surface area contributed by atoms with Gasteiger partial charge >= 0.3 is 5.97 Å². The van der Waals surface area contributed by atoms with Gasteiger partial charge in [-0.2, -0.15) is 0 Å². The second kappa shape index (κ2) is 8.51. The standard InChI is InChI=1S/C17H15ClN2O3S2/c1-2-22-16(21)7-13-9-24-17(20-13)25-10-15-19-8-14(23-15)11-3-5-12(18)6-4-11/h3-6,8-9H,2,7,10H2,1H3. The lowest BCUT2D eigenvalue weighted by atomic mass is 10.2. The van der Waals surface area contributed by atoms with Crippen molar-refractivity contribution in [1.82, 2.24) is 9.97 Å². The molecule has 0 radical (unpaired) electrons. The van der Waals surface area contributed by atoms with Gasteiger partial charge in [-0.25, -0.2) is 9.97 Å². The molecule has 0 amide bonds.